The fraction of sp³-hybridized carbons (Fsp3) is 0.312. The number of benzene rings is 3. The number of nitrogens with zero attached hydrogens (tertiary/aromatic N) is 2. The van der Waals surface area contributed by atoms with Gasteiger partial charge in [0, 0.05) is 48.2 Å². The molecule has 0 saturated carbocycles. The van der Waals surface area contributed by atoms with Crippen LogP contribution in [-0.4, -0.2) is 34.2 Å². The molecule has 1 unspecified atom stereocenters. The minimum absolute atomic E-state index is 0.127. The van der Waals surface area contributed by atoms with E-state index in [2.05, 4.69) is 0 Å². The summed E-state index contributed by atoms with van der Waals surface area (Å²) in [6, 6.07) is 9.56. The van der Waals surface area contributed by atoms with E-state index in [1.54, 1.807) is 0 Å². The summed E-state index contributed by atoms with van der Waals surface area (Å²) in [7, 11) is 0. The molecule has 1 atom stereocenters. The number of amides is 1. The minimum atomic E-state index is -5.26. The first-order valence-electron chi connectivity index (χ1n) is 13.9. The van der Waals surface area contributed by atoms with Crippen molar-refractivity contribution in [3.63, 3.8) is 0 Å². The molecule has 44 heavy (non-hydrogen) atoms. The molecule has 0 N–H and O–H groups in total. The van der Waals surface area contributed by atoms with Gasteiger partial charge >= 0.3 is 12.4 Å². The largest absolute Gasteiger partial charge is 0.419 e. The predicted molar refractivity (Wildman–Crippen MR) is 146 cm³/mol. The van der Waals surface area contributed by atoms with Gasteiger partial charge in [-0.3, -0.25) is 9.59 Å². The van der Waals surface area contributed by atoms with Crippen LogP contribution < -0.4 is 0 Å². The van der Waals surface area contributed by atoms with Gasteiger partial charge in [-0.1, -0.05) is 25.1 Å². The van der Waals surface area contributed by atoms with E-state index in [0.717, 1.165) is 16.5 Å². The van der Waals surface area contributed by atoms with Gasteiger partial charge in [0.05, 0.1) is 22.3 Å². The van der Waals surface area contributed by atoms with E-state index in [1.165, 1.54) is 11.8 Å². The molecule has 1 aromatic heterocycles. The second-order valence-corrected chi connectivity index (χ2v) is 10.6. The van der Waals surface area contributed by atoms with Crippen molar-refractivity contribution in [2.24, 2.45) is 0 Å². The summed E-state index contributed by atoms with van der Waals surface area (Å²) in [6.45, 7) is 4.19. The lowest BCUT2D eigenvalue weighted by molar-refractivity contribution is -0.140. The van der Waals surface area contributed by atoms with Gasteiger partial charge in [0.1, 0.15) is 11.6 Å². The number of halogens is 8. The molecule has 0 aliphatic carbocycles. The highest BCUT2D eigenvalue weighted by Gasteiger charge is 2.41. The summed E-state index contributed by atoms with van der Waals surface area (Å²) in [5.74, 6) is -6.46. The summed E-state index contributed by atoms with van der Waals surface area (Å²) in [6.07, 6.45) is -8.37. The first-order chi connectivity index (χ1) is 20.7. The van der Waals surface area contributed by atoms with Crippen molar-refractivity contribution < 1.29 is 44.7 Å². The van der Waals surface area contributed by atoms with Crippen LogP contribution in [0.4, 0.5) is 35.1 Å². The van der Waals surface area contributed by atoms with Gasteiger partial charge in [-0.15, -0.1) is 0 Å². The number of likely N-dealkylation sites (tertiary alicyclic amines) is 1. The topological polar surface area (TPSA) is 42.3 Å². The van der Waals surface area contributed by atoms with Crippen molar-refractivity contribution in [3.05, 3.63) is 105 Å². The Morgan fingerprint density at radius 2 is 1.45 bits per heavy atom. The third-order valence-electron chi connectivity index (χ3n) is 8.13. The summed E-state index contributed by atoms with van der Waals surface area (Å²) in [5.41, 5.74) is -5.06. The Labute approximate surface area is 246 Å². The standard InChI is InChI=1S/C32H26F8N2O2/c1-3-18-20(9-11-23(27(18)33)31(35,36)37)29(43)26-21(10-12-24(28(26)34)32(38,39)40)30(44)42-14-13-17(15-42)22-16-41(4-2)25-8-6-5-7-19(22)25/h5-12,16-17H,3-4,13-15H2,1-2H3. The number of alkyl halides is 6. The van der Waals surface area contributed by atoms with Crippen LogP contribution >= 0.6 is 0 Å². The molecule has 4 nitrogen and oxygen atoms in total. The number of ketones is 1. The lowest BCUT2D eigenvalue weighted by Crippen LogP contribution is -2.31. The van der Waals surface area contributed by atoms with Crippen LogP contribution in [0.1, 0.15) is 74.7 Å². The molecule has 0 bridgehead atoms. The second kappa shape index (κ2) is 11.4. The van der Waals surface area contributed by atoms with Crippen LogP contribution in [0.3, 0.4) is 0 Å². The van der Waals surface area contributed by atoms with Crippen molar-refractivity contribution in [1.29, 1.82) is 0 Å². The minimum Gasteiger partial charge on any atom is -0.347 e. The van der Waals surface area contributed by atoms with E-state index in [9.17, 15) is 40.3 Å². The van der Waals surface area contributed by atoms with E-state index in [-0.39, 0.29) is 25.1 Å². The van der Waals surface area contributed by atoms with Gasteiger partial charge in [-0.25, -0.2) is 8.78 Å². The molecule has 1 saturated heterocycles. The van der Waals surface area contributed by atoms with Crippen molar-refractivity contribution >= 4 is 22.6 Å². The molecule has 1 amide bonds. The van der Waals surface area contributed by atoms with E-state index >= 15 is 4.39 Å². The van der Waals surface area contributed by atoms with Gasteiger partial charge in [0.25, 0.3) is 5.91 Å². The van der Waals surface area contributed by atoms with Crippen molar-refractivity contribution in [3.8, 4) is 0 Å². The molecule has 0 spiro atoms. The number of aryl methyl sites for hydroxylation is 1. The predicted octanol–water partition coefficient (Wildman–Crippen LogP) is 8.40. The third kappa shape index (κ3) is 5.35. The number of aromatic nitrogens is 1. The zero-order valence-corrected chi connectivity index (χ0v) is 23.5. The van der Waals surface area contributed by atoms with Crippen molar-refractivity contribution in [2.75, 3.05) is 13.1 Å². The Morgan fingerprint density at radius 3 is 2.07 bits per heavy atom. The molecular weight excluding hydrogens is 596 g/mol. The normalized spacial score (nSPS) is 15.8. The number of rotatable bonds is 6. The Hall–Kier alpha value is -4.22. The Morgan fingerprint density at radius 1 is 0.841 bits per heavy atom. The van der Waals surface area contributed by atoms with Crippen LogP contribution in [0.25, 0.3) is 10.9 Å². The number of hydrogen-bond acceptors (Lipinski definition) is 2. The quantitative estimate of drug-likeness (QED) is 0.160. The van der Waals surface area contributed by atoms with Gasteiger partial charge in [-0.05, 0) is 61.2 Å². The summed E-state index contributed by atoms with van der Waals surface area (Å²) >= 11 is 0. The first-order valence-corrected chi connectivity index (χ1v) is 13.9. The molecule has 3 aromatic carbocycles. The number of fused-ring (bicyclic) bond motifs is 1. The Kier molecular flexibility index (Phi) is 8.06. The Balaban J connectivity index is 1.57. The fourth-order valence-corrected chi connectivity index (χ4v) is 5.96. The maximum atomic E-state index is 15.6. The average Bonchev–Trinajstić information content (AvgIpc) is 3.60. The highest BCUT2D eigenvalue weighted by Crippen LogP contribution is 2.39. The fourth-order valence-electron chi connectivity index (χ4n) is 5.96. The highest BCUT2D eigenvalue weighted by atomic mass is 19.4. The lowest BCUT2D eigenvalue weighted by Gasteiger charge is -2.21. The maximum absolute atomic E-state index is 15.6. The smallest absolute Gasteiger partial charge is 0.347 e. The third-order valence-corrected chi connectivity index (χ3v) is 8.13. The van der Waals surface area contributed by atoms with Gasteiger partial charge in [-0.2, -0.15) is 26.3 Å². The number of para-hydroxylation sites is 1. The summed E-state index contributed by atoms with van der Waals surface area (Å²) in [5, 5.41) is 0.974. The van der Waals surface area contributed by atoms with Crippen LogP contribution in [0.2, 0.25) is 0 Å². The van der Waals surface area contributed by atoms with E-state index in [1.807, 2.05) is 42.0 Å². The number of carbonyl (C=O) groups excluding carboxylic acids is 2. The molecule has 5 rings (SSSR count). The summed E-state index contributed by atoms with van der Waals surface area (Å²) in [4.78, 5) is 28.6. The first kappa shape index (κ1) is 31.2. The van der Waals surface area contributed by atoms with Gasteiger partial charge in [0.2, 0.25) is 0 Å². The lowest BCUT2D eigenvalue weighted by atomic mass is 9.90. The SMILES string of the molecule is CCc1c(C(=O)c2c(C(=O)N3CCC(c4cn(CC)c5ccccc45)C3)ccc(C(F)(F)F)c2F)ccc(C(F)(F)F)c1F. The molecule has 232 valence electrons. The van der Waals surface area contributed by atoms with E-state index in [4.69, 9.17) is 0 Å². The van der Waals surface area contributed by atoms with Crippen molar-refractivity contribution in [2.45, 2.75) is 51.5 Å². The molecule has 4 aromatic rings. The molecule has 1 fully saturated rings. The highest BCUT2D eigenvalue weighted by molar-refractivity contribution is 6.16. The number of carbonyl (C=O) groups is 2. The van der Waals surface area contributed by atoms with Crippen LogP contribution in [-0.2, 0) is 25.3 Å². The van der Waals surface area contributed by atoms with Crippen LogP contribution in [0.15, 0.2) is 54.7 Å². The monoisotopic (exact) mass is 622 g/mol. The van der Waals surface area contributed by atoms with E-state index < -0.39 is 75.5 Å². The summed E-state index contributed by atoms with van der Waals surface area (Å²) < 4.78 is 114. The van der Waals surface area contributed by atoms with Crippen molar-refractivity contribution in [1.82, 2.24) is 9.47 Å². The van der Waals surface area contributed by atoms with Gasteiger partial charge < -0.3 is 9.47 Å². The maximum Gasteiger partial charge on any atom is 0.419 e. The average molecular weight is 623 g/mol. The molecule has 1 aliphatic heterocycles. The zero-order chi connectivity index (χ0) is 32.1. The molecular formula is C32H26F8N2O2. The molecule has 12 heteroatoms. The van der Waals surface area contributed by atoms with Gasteiger partial charge in [0.15, 0.2) is 5.78 Å². The Bertz CT molecular complexity index is 1770. The van der Waals surface area contributed by atoms with Crippen LogP contribution in [0, 0.1) is 11.6 Å². The zero-order valence-electron chi connectivity index (χ0n) is 23.5. The van der Waals surface area contributed by atoms with Crippen LogP contribution in [0.5, 0.6) is 0 Å². The number of hydrogen-bond donors (Lipinski definition) is 0. The second-order valence-electron chi connectivity index (χ2n) is 10.6. The van der Waals surface area contributed by atoms with E-state index in [0.29, 0.717) is 31.2 Å². The molecule has 0 radical (unpaired) electrons. The molecule has 1 aliphatic rings. The molecule has 2 heterocycles.